The summed E-state index contributed by atoms with van der Waals surface area (Å²) in [5.74, 6) is 1.14. The van der Waals surface area contributed by atoms with E-state index in [0.717, 1.165) is 25.9 Å². The molecule has 0 spiro atoms. The highest BCUT2D eigenvalue weighted by Gasteiger charge is 2.16. The van der Waals surface area contributed by atoms with E-state index in [1.54, 1.807) is 0 Å². The zero-order chi connectivity index (χ0) is 14.4. The fourth-order valence-electron chi connectivity index (χ4n) is 2.09. The van der Waals surface area contributed by atoms with Crippen LogP contribution in [0.5, 0.6) is 6.01 Å². The molecule has 1 aliphatic rings. The molecule has 2 rings (SSSR count). The van der Waals surface area contributed by atoms with Crippen LogP contribution in [0.25, 0.3) is 0 Å². The lowest BCUT2D eigenvalue weighted by atomic mass is 10.1. The van der Waals surface area contributed by atoms with Crippen molar-refractivity contribution in [2.45, 2.75) is 39.2 Å². The van der Waals surface area contributed by atoms with Crippen LogP contribution in [0.4, 0.5) is 5.95 Å². The number of piperidine rings is 1. The number of anilines is 1. The van der Waals surface area contributed by atoms with Crippen LogP contribution in [0.15, 0.2) is 0 Å². The van der Waals surface area contributed by atoms with Crippen molar-refractivity contribution in [1.82, 2.24) is 20.3 Å². The third-order valence-electron chi connectivity index (χ3n) is 3.24. The largest absolute Gasteiger partial charge is 0.467 e. The van der Waals surface area contributed by atoms with Gasteiger partial charge in [0.25, 0.3) is 0 Å². The Morgan fingerprint density at radius 3 is 2.65 bits per heavy atom. The van der Waals surface area contributed by atoms with Gasteiger partial charge in [0.1, 0.15) is 0 Å². The summed E-state index contributed by atoms with van der Waals surface area (Å²) in [5.41, 5.74) is 0. The molecule has 2 heterocycles. The number of hydrogen-bond acceptors (Lipinski definition) is 6. The monoisotopic (exact) mass is 279 g/mol. The van der Waals surface area contributed by atoms with Gasteiger partial charge in [0.2, 0.25) is 11.9 Å². The second-order valence-corrected chi connectivity index (χ2v) is 4.72. The van der Waals surface area contributed by atoms with Crippen molar-refractivity contribution in [1.29, 1.82) is 0 Å². The first kappa shape index (κ1) is 14.5. The smallest absolute Gasteiger partial charge is 0.321 e. The molecule has 0 radical (unpaired) electrons. The highest BCUT2D eigenvalue weighted by atomic mass is 16.5. The number of amides is 1. The van der Waals surface area contributed by atoms with Gasteiger partial charge in [0.05, 0.1) is 13.7 Å². The van der Waals surface area contributed by atoms with Gasteiger partial charge >= 0.3 is 6.01 Å². The van der Waals surface area contributed by atoms with Gasteiger partial charge in [-0.05, 0) is 19.3 Å². The van der Waals surface area contributed by atoms with Gasteiger partial charge in [0.15, 0.2) is 5.82 Å². The highest BCUT2D eigenvalue weighted by Crippen LogP contribution is 2.17. The number of nitrogens with one attached hydrogen (secondary N) is 1. The van der Waals surface area contributed by atoms with Gasteiger partial charge in [-0.2, -0.15) is 15.0 Å². The zero-order valence-corrected chi connectivity index (χ0v) is 12.1. The SMILES string of the molecule is CCC(=O)NCc1nc(OC)nc(N2CCCCC2)n1. The van der Waals surface area contributed by atoms with Crippen molar-refractivity contribution < 1.29 is 9.53 Å². The first-order valence-corrected chi connectivity index (χ1v) is 7.03. The summed E-state index contributed by atoms with van der Waals surface area (Å²) in [6, 6.07) is 0.293. The van der Waals surface area contributed by atoms with Gasteiger partial charge in [-0.15, -0.1) is 0 Å². The van der Waals surface area contributed by atoms with Crippen molar-refractivity contribution in [3.05, 3.63) is 5.82 Å². The summed E-state index contributed by atoms with van der Waals surface area (Å²) in [6.45, 7) is 4.01. The number of hydrogen-bond donors (Lipinski definition) is 1. The van der Waals surface area contributed by atoms with Crippen molar-refractivity contribution in [3.63, 3.8) is 0 Å². The van der Waals surface area contributed by atoms with E-state index in [2.05, 4.69) is 25.2 Å². The minimum absolute atomic E-state index is 0.0242. The molecule has 7 nitrogen and oxygen atoms in total. The summed E-state index contributed by atoms with van der Waals surface area (Å²) >= 11 is 0. The first-order chi connectivity index (χ1) is 9.72. The lowest BCUT2D eigenvalue weighted by molar-refractivity contribution is -0.120. The molecule has 1 N–H and O–H groups in total. The number of carbonyl (C=O) groups is 1. The lowest BCUT2D eigenvalue weighted by Gasteiger charge is -2.26. The van der Waals surface area contributed by atoms with Crippen molar-refractivity contribution in [3.8, 4) is 6.01 Å². The fraction of sp³-hybridized carbons (Fsp3) is 0.692. The van der Waals surface area contributed by atoms with Crippen LogP contribution < -0.4 is 15.0 Å². The standard InChI is InChI=1S/C13H21N5O2/c1-3-11(19)14-9-10-15-12(17-13(16-10)20-2)18-7-5-4-6-8-18/h3-9H2,1-2H3,(H,14,19). The number of ether oxygens (including phenoxy) is 1. The van der Waals surface area contributed by atoms with Crippen LogP contribution in [-0.2, 0) is 11.3 Å². The Kier molecular flexibility index (Phi) is 5.09. The first-order valence-electron chi connectivity index (χ1n) is 7.03. The average molecular weight is 279 g/mol. The van der Waals surface area contributed by atoms with Crippen molar-refractivity contribution in [2.24, 2.45) is 0 Å². The van der Waals surface area contributed by atoms with Crippen LogP contribution in [0.2, 0.25) is 0 Å². The van der Waals surface area contributed by atoms with Crippen molar-refractivity contribution in [2.75, 3.05) is 25.1 Å². The van der Waals surface area contributed by atoms with E-state index in [1.165, 1.54) is 13.5 Å². The maximum Gasteiger partial charge on any atom is 0.321 e. The summed E-state index contributed by atoms with van der Waals surface area (Å²) in [4.78, 5) is 26.3. The Morgan fingerprint density at radius 2 is 2.00 bits per heavy atom. The third kappa shape index (κ3) is 3.79. The minimum atomic E-state index is -0.0242. The maximum absolute atomic E-state index is 11.3. The quantitative estimate of drug-likeness (QED) is 0.862. The van der Waals surface area contributed by atoms with Gasteiger partial charge in [-0.25, -0.2) is 0 Å². The Balaban J connectivity index is 2.12. The molecule has 0 aliphatic carbocycles. The van der Waals surface area contributed by atoms with E-state index >= 15 is 0 Å². The van der Waals surface area contributed by atoms with Crippen LogP contribution in [0.1, 0.15) is 38.4 Å². The predicted molar refractivity (Wildman–Crippen MR) is 74.6 cm³/mol. The molecule has 0 bridgehead atoms. The Bertz CT molecular complexity index is 460. The Morgan fingerprint density at radius 1 is 1.25 bits per heavy atom. The lowest BCUT2D eigenvalue weighted by Crippen LogP contribution is -2.32. The van der Waals surface area contributed by atoms with Crippen molar-refractivity contribution >= 4 is 11.9 Å². The fourth-order valence-corrected chi connectivity index (χ4v) is 2.09. The maximum atomic E-state index is 11.3. The number of carbonyl (C=O) groups excluding carboxylic acids is 1. The van der Waals surface area contributed by atoms with E-state index in [1.807, 2.05) is 6.92 Å². The molecule has 1 aliphatic heterocycles. The normalized spacial score (nSPS) is 15.0. The molecule has 110 valence electrons. The van der Waals surface area contributed by atoms with Gasteiger partial charge in [-0.3, -0.25) is 4.79 Å². The summed E-state index contributed by atoms with van der Waals surface area (Å²) < 4.78 is 5.12. The highest BCUT2D eigenvalue weighted by molar-refractivity contribution is 5.75. The van der Waals surface area contributed by atoms with Gasteiger partial charge in [-0.1, -0.05) is 6.92 Å². The van der Waals surface area contributed by atoms with Gasteiger partial charge in [0, 0.05) is 19.5 Å². The summed E-state index contributed by atoms with van der Waals surface area (Å²) in [6.07, 6.45) is 3.99. The van der Waals surface area contributed by atoms with E-state index in [-0.39, 0.29) is 5.91 Å². The average Bonchev–Trinajstić information content (AvgIpc) is 2.53. The number of aromatic nitrogens is 3. The topological polar surface area (TPSA) is 80.2 Å². The molecule has 0 aromatic carbocycles. The van der Waals surface area contributed by atoms with Crippen LogP contribution in [0.3, 0.4) is 0 Å². The number of nitrogens with zero attached hydrogens (tertiary/aromatic N) is 4. The zero-order valence-electron chi connectivity index (χ0n) is 12.1. The minimum Gasteiger partial charge on any atom is -0.467 e. The molecule has 20 heavy (non-hydrogen) atoms. The van der Waals surface area contributed by atoms with E-state index in [9.17, 15) is 4.79 Å². The Hall–Kier alpha value is -1.92. The molecule has 1 saturated heterocycles. The summed E-state index contributed by atoms with van der Waals surface area (Å²) in [5, 5.41) is 2.76. The molecular weight excluding hydrogens is 258 g/mol. The van der Waals surface area contributed by atoms with E-state index < -0.39 is 0 Å². The second-order valence-electron chi connectivity index (χ2n) is 4.72. The molecule has 1 fully saturated rings. The molecule has 1 aromatic rings. The van der Waals surface area contributed by atoms with Gasteiger partial charge < -0.3 is 15.0 Å². The third-order valence-corrected chi connectivity index (χ3v) is 3.24. The van der Waals surface area contributed by atoms with Crippen LogP contribution in [0, 0.1) is 0 Å². The molecule has 1 aromatic heterocycles. The second kappa shape index (κ2) is 7.02. The molecule has 7 heteroatoms. The molecule has 0 unspecified atom stereocenters. The van der Waals surface area contributed by atoms with E-state index in [0.29, 0.717) is 30.7 Å². The van der Waals surface area contributed by atoms with E-state index in [4.69, 9.17) is 4.74 Å². The molecule has 0 saturated carbocycles. The van der Waals surface area contributed by atoms with Crippen LogP contribution in [-0.4, -0.2) is 41.1 Å². The molecule has 0 atom stereocenters. The number of methoxy groups -OCH3 is 1. The molecule has 1 amide bonds. The number of rotatable bonds is 5. The Labute approximate surface area is 118 Å². The predicted octanol–water partition coefficient (Wildman–Crippen LogP) is 0.897. The molecular formula is C13H21N5O2. The van der Waals surface area contributed by atoms with Crippen LogP contribution >= 0.6 is 0 Å². The summed E-state index contributed by atoms with van der Waals surface area (Å²) in [7, 11) is 1.53.